The zero-order valence-corrected chi connectivity index (χ0v) is 15.4. The van der Waals surface area contributed by atoms with E-state index in [1.807, 2.05) is 43.0 Å². The lowest BCUT2D eigenvalue weighted by Gasteiger charge is -2.14. The normalized spacial score (nSPS) is 11.8. The highest BCUT2D eigenvalue weighted by Crippen LogP contribution is 2.14. The minimum absolute atomic E-state index is 0.0773. The summed E-state index contributed by atoms with van der Waals surface area (Å²) in [4.78, 5) is 12.0. The van der Waals surface area contributed by atoms with Gasteiger partial charge in [-0.05, 0) is 38.5 Å². The van der Waals surface area contributed by atoms with E-state index in [-0.39, 0.29) is 5.91 Å². The van der Waals surface area contributed by atoms with E-state index in [1.54, 1.807) is 6.92 Å². The maximum absolute atomic E-state index is 12.0. The summed E-state index contributed by atoms with van der Waals surface area (Å²) >= 11 is 1.82. The first-order chi connectivity index (χ1) is 11.5. The van der Waals surface area contributed by atoms with Crippen LogP contribution in [-0.4, -0.2) is 24.3 Å². The van der Waals surface area contributed by atoms with Crippen LogP contribution in [0.15, 0.2) is 48.5 Å². The van der Waals surface area contributed by atoms with Crippen LogP contribution in [-0.2, 0) is 10.5 Å². The predicted molar refractivity (Wildman–Crippen MR) is 102 cm³/mol. The molecule has 0 saturated heterocycles. The van der Waals surface area contributed by atoms with E-state index in [2.05, 4.69) is 36.5 Å². The number of thioether (sulfide) groups is 1. The standard InChI is InChI=1S/C20H25NO2S/c1-15-4-8-18(9-5-15)14-24-13-12-21-20(22)17(3)23-19-10-6-16(2)7-11-19/h4-11,17H,12-14H2,1-3H3,(H,21,22)/t17-/m1/s1. The van der Waals surface area contributed by atoms with Gasteiger partial charge in [0.25, 0.3) is 5.91 Å². The number of carbonyl (C=O) groups is 1. The number of hydrogen-bond acceptors (Lipinski definition) is 3. The van der Waals surface area contributed by atoms with Crippen LogP contribution < -0.4 is 10.1 Å². The molecule has 0 bridgehead atoms. The molecule has 2 rings (SSSR count). The fraction of sp³-hybridized carbons (Fsp3) is 0.350. The van der Waals surface area contributed by atoms with Gasteiger partial charge in [-0.15, -0.1) is 0 Å². The molecular weight excluding hydrogens is 318 g/mol. The Morgan fingerprint density at radius 3 is 2.25 bits per heavy atom. The van der Waals surface area contributed by atoms with Crippen molar-refractivity contribution in [3.05, 3.63) is 65.2 Å². The van der Waals surface area contributed by atoms with Crippen LogP contribution in [0.4, 0.5) is 0 Å². The number of aryl methyl sites for hydroxylation is 2. The van der Waals surface area contributed by atoms with E-state index in [9.17, 15) is 4.79 Å². The highest BCUT2D eigenvalue weighted by atomic mass is 32.2. The van der Waals surface area contributed by atoms with E-state index in [0.29, 0.717) is 6.54 Å². The largest absolute Gasteiger partial charge is 0.481 e. The van der Waals surface area contributed by atoms with Crippen LogP contribution >= 0.6 is 11.8 Å². The number of ether oxygens (including phenoxy) is 1. The average Bonchev–Trinajstić information content (AvgIpc) is 2.58. The summed E-state index contributed by atoms with van der Waals surface area (Å²) in [5.74, 6) is 2.49. The van der Waals surface area contributed by atoms with Gasteiger partial charge in [0.05, 0.1) is 0 Å². The van der Waals surface area contributed by atoms with Crippen LogP contribution in [0.2, 0.25) is 0 Å². The van der Waals surface area contributed by atoms with E-state index in [0.717, 1.165) is 17.3 Å². The van der Waals surface area contributed by atoms with Gasteiger partial charge in [0, 0.05) is 18.1 Å². The fourth-order valence-electron chi connectivity index (χ4n) is 2.14. The molecule has 0 aromatic heterocycles. The molecule has 0 saturated carbocycles. The first-order valence-electron chi connectivity index (χ1n) is 8.19. The molecule has 128 valence electrons. The molecular formula is C20H25NO2S. The Morgan fingerprint density at radius 1 is 1.04 bits per heavy atom. The third-order valence-electron chi connectivity index (χ3n) is 3.64. The Bertz CT molecular complexity index is 638. The van der Waals surface area contributed by atoms with E-state index >= 15 is 0 Å². The van der Waals surface area contributed by atoms with Crippen LogP contribution in [0.1, 0.15) is 23.6 Å². The molecule has 1 atom stereocenters. The Hall–Kier alpha value is -1.94. The van der Waals surface area contributed by atoms with Gasteiger partial charge in [-0.3, -0.25) is 4.79 Å². The van der Waals surface area contributed by atoms with Gasteiger partial charge in [0.2, 0.25) is 0 Å². The number of nitrogens with one attached hydrogen (secondary N) is 1. The molecule has 0 heterocycles. The minimum atomic E-state index is -0.491. The van der Waals surface area contributed by atoms with Gasteiger partial charge in [-0.1, -0.05) is 47.5 Å². The molecule has 0 aliphatic rings. The second kappa shape index (κ2) is 9.38. The van der Waals surface area contributed by atoms with Crippen molar-refractivity contribution in [1.29, 1.82) is 0 Å². The van der Waals surface area contributed by atoms with Crippen molar-refractivity contribution in [2.24, 2.45) is 0 Å². The summed E-state index contributed by atoms with van der Waals surface area (Å²) in [6.45, 7) is 6.53. The average molecular weight is 343 g/mol. The molecule has 0 radical (unpaired) electrons. The highest BCUT2D eigenvalue weighted by molar-refractivity contribution is 7.98. The summed E-state index contributed by atoms with van der Waals surface area (Å²) in [7, 11) is 0. The second-order valence-corrected chi connectivity index (χ2v) is 7.01. The maximum Gasteiger partial charge on any atom is 0.260 e. The predicted octanol–water partition coefficient (Wildman–Crippen LogP) is 4.12. The zero-order chi connectivity index (χ0) is 17.4. The Labute approximate surface area is 148 Å². The maximum atomic E-state index is 12.0. The van der Waals surface area contributed by atoms with Gasteiger partial charge in [0.15, 0.2) is 6.10 Å². The van der Waals surface area contributed by atoms with E-state index in [4.69, 9.17) is 4.74 Å². The third-order valence-corrected chi connectivity index (χ3v) is 4.67. The summed E-state index contributed by atoms with van der Waals surface area (Å²) < 4.78 is 5.65. The van der Waals surface area contributed by atoms with Gasteiger partial charge in [0.1, 0.15) is 5.75 Å². The van der Waals surface area contributed by atoms with Crippen molar-refractivity contribution >= 4 is 17.7 Å². The summed E-state index contributed by atoms with van der Waals surface area (Å²) in [6, 6.07) is 16.3. The monoisotopic (exact) mass is 343 g/mol. The Kier molecular flexibility index (Phi) is 7.19. The highest BCUT2D eigenvalue weighted by Gasteiger charge is 2.13. The van der Waals surface area contributed by atoms with Gasteiger partial charge >= 0.3 is 0 Å². The molecule has 0 unspecified atom stereocenters. The molecule has 1 amide bonds. The van der Waals surface area contributed by atoms with Crippen LogP contribution in [0.3, 0.4) is 0 Å². The second-order valence-electron chi connectivity index (χ2n) is 5.90. The van der Waals surface area contributed by atoms with E-state index in [1.165, 1.54) is 16.7 Å². The van der Waals surface area contributed by atoms with Crippen LogP contribution in [0, 0.1) is 13.8 Å². The molecule has 0 aliphatic carbocycles. The number of rotatable bonds is 8. The first kappa shape index (κ1) is 18.4. The number of amides is 1. The van der Waals surface area contributed by atoms with Crippen molar-refractivity contribution in [3.8, 4) is 5.75 Å². The molecule has 24 heavy (non-hydrogen) atoms. The number of benzene rings is 2. The number of carbonyl (C=O) groups excluding carboxylic acids is 1. The smallest absolute Gasteiger partial charge is 0.260 e. The molecule has 2 aromatic rings. The van der Waals surface area contributed by atoms with Crippen molar-refractivity contribution in [3.63, 3.8) is 0 Å². The van der Waals surface area contributed by atoms with Crippen molar-refractivity contribution in [1.82, 2.24) is 5.32 Å². The van der Waals surface area contributed by atoms with Gasteiger partial charge < -0.3 is 10.1 Å². The zero-order valence-electron chi connectivity index (χ0n) is 14.5. The molecule has 1 N–H and O–H groups in total. The molecule has 3 nitrogen and oxygen atoms in total. The molecule has 2 aromatic carbocycles. The first-order valence-corrected chi connectivity index (χ1v) is 9.34. The summed E-state index contributed by atoms with van der Waals surface area (Å²) in [6.07, 6.45) is -0.491. The summed E-state index contributed by atoms with van der Waals surface area (Å²) in [5, 5.41) is 2.92. The topological polar surface area (TPSA) is 38.3 Å². The molecule has 4 heteroatoms. The van der Waals surface area contributed by atoms with Crippen LogP contribution in [0.5, 0.6) is 5.75 Å². The lowest BCUT2D eigenvalue weighted by molar-refractivity contribution is -0.127. The lowest BCUT2D eigenvalue weighted by atomic mass is 10.2. The van der Waals surface area contributed by atoms with Crippen molar-refractivity contribution in [2.45, 2.75) is 32.6 Å². The Balaban J connectivity index is 1.63. The SMILES string of the molecule is Cc1ccc(CSCCNC(=O)[C@@H](C)Oc2ccc(C)cc2)cc1. The molecule has 0 spiro atoms. The molecule has 0 aliphatic heterocycles. The fourth-order valence-corrected chi connectivity index (χ4v) is 2.96. The summed E-state index contributed by atoms with van der Waals surface area (Å²) in [5.41, 5.74) is 3.76. The number of hydrogen-bond donors (Lipinski definition) is 1. The lowest BCUT2D eigenvalue weighted by Crippen LogP contribution is -2.37. The van der Waals surface area contributed by atoms with Crippen molar-refractivity contribution < 1.29 is 9.53 Å². The molecule has 0 fully saturated rings. The van der Waals surface area contributed by atoms with Gasteiger partial charge in [-0.25, -0.2) is 0 Å². The van der Waals surface area contributed by atoms with E-state index < -0.39 is 6.10 Å². The quantitative estimate of drug-likeness (QED) is 0.733. The third kappa shape index (κ3) is 6.28. The minimum Gasteiger partial charge on any atom is -0.481 e. The van der Waals surface area contributed by atoms with Crippen molar-refractivity contribution in [2.75, 3.05) is 12.3 Å². The Morgan fingerprint density at radius 2 is 1.62 bits per heavy atom. The van der Waals surface area contributed by atoms with Gasteiger partial charge in [-0.2, -0.15) is 11.8 Å². The van der Waals surface area contributed by atoms with Crippen LogP contribution in [0.25, 0.3) is 0 Å².